The Labute approximate surface area is 176 Å². The van der Waals surface area contributed by atoms with Crippen LogP contribution in [-0.2, 0) is 24.5 Å². The normalized spacial score (nSPS) is 17.5. The summed E-state index contributed by atoms with van der Waals surface area (Å²) in [6, 6.07) is 12.0. The Bertz CT molecular complexity index is 1130. The minimum atomic E-state index is -3.97. The summed E-state index contributed by atoms with van der Waals surface area (Å²) >= 11 is 0. The fourth-order valence-electron chi connectivity index (χ4n) is 3.24. The SMILES string of the molecule is CN(C)CCNC(=O)COc1cccc2c1C(S(=O)(=O)c1ccccc1)CS2(=O)=O. The van der Waals surface area contributed by atoms with Crippen molar-refractivity contribution in [3.8, 4) is 5.75 Å². The summed E-state index contributed by atoms with van der Waals surface area (Å²) < 4.78 is 57.2. The topological polar surface area (TPSA) is 110 Å². The van der Waals surface area contributed by atoms with Gasteiger partial charge in [0.05, 0.1) is 15.5 Å². The fourth-order valence-corrected chi connectivity index (χ4v) is 7.60. The van der Waals surface area contributed by atoms with Gasteiger partial charge in [0, 0.05) is 18.7 Å². The molecule has 2 aromatic rings. The van der Waals surface area contributed by atoms with Crippen LogP contribution in [-0.4, -0.2) is 67.2 Å². The van der Waals surface area contributed by atoms with Crippen molar-refractivity contribution in [2.75, 3.05) is 39.5 Å². The van der Waals surface area contributed by atoms with Crippen molar-refractivity contribution in [1.82, 2.24) is 10.2 Å². The molecule has 0 saturated heterocycles. The molecule has 1 aliphatic heterocycles. The summed E-state index contributed by atoms with van der Waals surface area (Å²) in [4.78, 5) is 13.9. The Balaban J connectivity index is 1.89. The molecule has 162 valence electrons. The number of nitrogens with zero attached hydrogens (tertiary/aromatic N) is 1. The van der Waals surface area contributed by atoms with Gasteiger partial charge < -0.3 is 15.0 Å². The van der Waals surface area contributed by atoms with Crippen LogP contribution in [0.1, 0.15) is 10.8 Å². The van der Waals surface area contributed by atoms with Crippen LogP contribution in [0.5, 0.6) is 5.75 Å². The molecule has 1 heterocycles. The van der Waals surface area contributed by atoms with E-state index in [9.17, 15) is 21.6 Å². The van der Waals surface area contributed by atoms with Crippen LogP contribution in [0, 0.1) is 0 Å². The Morgan fingerprint density at radius 1 is 1.13 bits per heavy atom. The molecule has 1 N–H and O–H groups in total. The van der Waals surface area contributed by atoms with E-state index >= 15 is 0 Å². The largest absolute Gasteiger partial charge is 0.483 e. The molecule has 0 saturated carbocycles. The molecule has 0 aliphatic carbocycles. The first-order chi connectivity index (χ1) is 14.1. The van der Waals surface area contributed by atoms with Gasteiger partial charge in [-0.2, -0.15) is 0 Å². The molecule has 10 heteroatoms. The first-order valence-corrected chi connectivity index (χ1v) is 12.5. The molecule has 0 fully saturated rings. The Morgan fingerprint density at radius 2 is 1.83 bits per heavy atom. The van der Waals surface area contributed by atoms with Gasteiger partial charge in [-0.25, -0.2) is 16.8 Å². The minimum absolute atomic E-state index is 0.0364. The summed E-state index contributed by atoms with van der Waals surface area (Å²) in [6.45, 7) is 0.742. The predicted octanol–water partition coefficient (Wildman–Crippen LogP) is 1.05. The summed E-state index contributed by atoms with van der Waals surface area (Å²) in [7, 11) is -4.01. The molecule has 0 aromatic heterocycles. The van der Waals surface area contributed by atoms with Crippen molar-refractivity contribution in [2.45, 2.75) is 15.0 Å². The van der Waals surface area contributed by atoms with Crippen molar-refractivity contribution in [3.63, 3.8) is 0 Å². The van der Waals surface area contributed by atoms with Gasteiger partial charge in [-0.15, -0.1) is 0 Å². The number of hydrogen-bond donors (Lipinski definition) is 1. The lowest BCUT2D eigenvalue weighted by Gasteiger charge is -2.16. The highest BCUT2D eigenvalue weighted by molar-refractivity contribution is 7.96. The lowest BCUT2D eigenvalue weighted by molar-refractivity contribution is -0.123. The van der Waals surface area contributed by atoms with Crippen LogP contribution in [0.3, 0.4) is 0 Å². The molecule has 1 atom stereocenters. The highest BCUT2D eigenvalue weighted by atomic mass is 32.2. The number of nitrogens with one attached hydrogen (secondary N) is 1. The second kappa shape index (κ2) is 8.75. The summed E-state index contributed by atoms with van der Waals surface area (Å²) in [5.41, 5.74) is 0.0856. The van der Waals surface area contributed by atoms with Gasteiger partial charge in [-0.1, -0.05) is 24.3 Å². The number of fused-ring (bicyclic) bond motifs is 1. The van der Waals surface area contributed by atoms with Gasteiger partial charge >= 0.3 is 0 Å². The molecule has 0 bridgehead atoms. The molecule has 0 spiro atoms. The van der Waals surface area contributed by atoms with Gasteiger partial charge in [-0.3, -0.25) is 4.79 Å². The zero-order valence-electron chi connectivity index (χ0n) is 16.7. The van der Waals surface area contributed by atoms with Crippen molar-refractivity contribution in [1.29, 1.82) is 0 Å². The van der Waals surface area contributed by atoms with E-state index in [-0.39, 0.29) is 33.6 Å². The van der Waals surface area contributed by atoms with Gasteiger partial charge in [0.2, 0.25) is 0 Å². The van der Waals surface area contributed by atoms with E-state index < -0.39 is 30.7 Å². The molecule has 1 amide bonds. The van der Waals surface area contributed by atoms with Crippen LogP contribution in [0.15, 0.2) is 58.3 Å². The van der Waals surface area contributed by atoms with Gasteiger partial charge in [-0.05, 0) is 38.4 Å². The van der Waals surface area contributed by atoms with Crippen molar-refractivity contribution < 1.29 is 26.4 Å². The number of benzene rings is 2. The Morgan fingerprint density at radius 3 is 2.50 bits per heavy atom. The number of hydrogen-bond acceptors (Lipinski definition) is 7. The number of amides is 1. The molecule has 3 rings (SSSR count). The monoisotopic (exact) mass is 452 g/mol. The molecule has 0 radical (unpaired) electrons. The lowest BCUT2D eigenvalue weighted by atomic mass is 10.1. The quantitative estimate of drug-likeness (QED) is 0.637. The summed E-state index contributed by atoms with van der Waals surface area (Å²) in [5.74, 6) is -0.853. The van der Waals surface area contributed by atoms with E-state index in [1.54, 1.807) is 18.2 Å². The molecular formula is C20H24N2O6S2. The zero-order valence-corrected chi connectivity index (χ0v) is 18.4. The van der Waals surface area contributed by atoms with Crippen LogP contribution < -0.4 is 10.1 Å². The number of carbonyl (C=O) groups is 1. The van der Waals surface area contributed by atoms with E-state index in [1.165, 1.54) is 30.3 Å². The van der Waals surface area contributed by atoms with E-state index in [1.807, 2.05) is 19.0 Å². The van der Waals surface area contributed by atoms with Crippen LogP contribution in [0.4, 0.5) is 0 Å². The van der Waals surface area contributed by atoms with E-state index in [4.69, 9.17) is 4.74 Å². The first-order valence-electron chi connectivity index (χ1n) is 9.32. The third-order valence-corrected chi connectivity index (χ3v) is 8.83. The van der Waals surface area contributed by atoms with E-state index in [0.29, 0.717) is 13.1 Å². The number of carbonyl (C=O) groups excluding carboxylic acids is 1. The standard InChI is InChI=1S/C20H24N2O6S2/c1-22(2)12-11-21-19(23)13-28-16-9-6-10-17-20(16)18(14-29(17,24)25)30(26,27)15-7-4-3-5-8-15/h3-10,18H,11-14H2,1-2H3,(H,21,23). The average molecular weight is 453 g/mol. The minimum Gasteiger partial charge on any atom is -0.483 e. The van der Waals surface area contributed by atoms with Crippen LogP contribution >= 0.6 is 0 Å². The van der Waals surface area contributed by atoms with E-state index in [2.05, 4.69) is 5.32 Å². The highest BCUT2D eigenvalue weighted by Gasteiger charge is 2.45. The summed E-state index contributed by atoms with van der Waals surface area (Å²) in [6.07, 6.45) is 0. The maximum atomic E-state index is 13.2. The van der Waals surface area contributed by atoms with Crippen molar-refractivity contribution >= 4 is 25.6 Å². The van der Waals surface area contributed by atoms with E-state index in [0.717, 1.165) is 0 Å². The van der Waals surface area contributed by atoms with Gasteiger partial charge in [0.1, 0.15) is 11.0 Å². The maximum absolute atomic E-state index is 13.2. The molecule has 8 nitrogen and oxygen atoms in total. The van der Waals surface area contributed by atoms with Gasteiger partial charge in [0.15, 0.2) is 26.3 Å². The maximum Gasteiger partial charge on any atom is 0.257 e. The molecular weight excluding hydrogens is 428 g/mol. The number of sulfone groups is 2. The third kappa shape index (κ3) is 4.66. The zero-order chi connectivity index (χ0) is 21.9. The average Bonchev–Trinajstić information content (AvgIpc) is 2.99. The van der Waals surface area contributed by atoms with Gasteiger partial charge in [0.25, 0.3) is 5.91 Å². The Hall–Kier alpha value is -2.43. The predicted molar refractivity (Wildman–Crippen MR) is 112 cm³/mol. The molecule has 2 aromatic carbocycles. The van der Waals surface area contributed by atoms with Crippen molar-refractivity contribution in [2.24, 2.45) is 0 Å². The summed E-state index contributed by atoms with van der Waals surface area (Å²) in [5, 5.41) is 1.40. The molecule has 1 aliphatic rings. The number of likely N-dealkylation sites (N-methyl/N-ethyl adjacent to an activating group) is 1. The number of ether oxygens (including phenoxy) is 1. The fraction of sp³-hybridized carbons (Fsp3) is 0.350. The lowest BCUT2D eigenvalue weighted by Crippen LogP contribution is -2.34. The molecule has 1 unspecified atom stereocenters. The first kappa shape index (κ1) is 22.3. The Kier molecular flexibility index (Phi) is 6.49. The third-order valence-electron chi connectivity index (χ3n) is 4.74. The number of rotatable bonds is 8. The van der Waals surface area contributed by atoms with Crippen LogP contribution in [0.25, 0.3) is 0 Å². The highest BCUT2D eigenvalue weighted by Crippen LogP contribution is 2.45. The second-order valence-electron chi connectivity index (χ2n) is 7.24. The molecule has 30 heavy (non-hydrogen) atoms. The smallest absolute Gasteiger partial charge is 0.257 e. The second-order valence-corrected chi connectivity index (χ2v) is 11.4. The van der Waals surface area contributed by atoms with Crippen molar-refractivity contribution in [3.05, 3.63) is 54.1 Å². The van der Waals surface area contributed by atoms with Crippen LogP contribution in [0.2, 0.25) is 0 Å².